The first-order valence-corrected chi connectivity index (χ1v) is 7.91. The van der Waals surface area contributed by atoms with Crippen molar-refractivity contribution in [3.63, 3.8) is 0 Å². The van der Waals surface area contributed by atoms with Crippen LogP contribution in [-0.4, -0.2) is 22.2 Å². The van der Waals surface area contributed by atoms with Crippen LogP contribution in [-0.2, 0) is 24.1 Å². The largest absolute Gasteiger partial charge is 0.478 e. The fraction of sp³-hybridized carbons (Fsp3) is 0.263. The van der Waals surface area contributed by atoms with Crippen LogP contribution in [0.15, 0.2) is 48.5 Å². The normalized spacial score (nSPS) is 10.4. The molecule has 0 unspecified atom stereocenters. The number of aryl methyl sites for hydroxylation is 2. The van der Waals surface area contributed by atoms with Crippen LogP contribution in [0.1, 0.15) is 39.9 Å². The van der Waals surface area contributed by atoms with Crippen LogP contribution in [0.5, 0.6) is 0 Å². The number of hydroxylamine groups is 1. The number of carbonyl (C=O) groups is 2. The average Bonchev–Trinajstić information content (AvgIpc) is 2.60. The summed E-state index contributed by atoms with van der Waals surface area (Å²) in [6.45, 7) is 0. The van der Waals surface area contributed by atoms with Crippen molar-refractivity contribution >= 4 is 11.9 Å². The van der Waals surface area contributed by atoms with Crippen LogP contribution in [0.4, 0.5) is 0 Å². The second kappa shape index (κ2) is 8.84. The Labute approximate surface area is 140 Å². The highest BCUT2D eigenvalue weighted by Crippen LogP contribution is 2.12. The molecule has 0 aliphatic heterocycles. The minimum atomic E-state index is -0.901. The van der Waals surface area contributed by atoms with Crippen molar-refractivity contribution in [3.8, 4) is 0 Å². The van der Waals surface area contributed by atoms with Crippen molar-refractivity contribution in [1.29, 1.82) is 0 Å². The molecule has 3 N–H and O–H groups in total. The van der Waals surface area contributed by atoms with Gasteiger partial charge >= 0.3 is 5.97 Å². The van der Waals surface area contributed by atoms with E-state index in [1.54, 1.807) is 17.6 Å². The number of amides is 1. The van der Waals surface area contributed by atoms with Gasteiger partial charge in [0.15, 0.2) is 0 Å². The Kier molecular flexibility index (Phi) is 6.51. The van der Waals surface area contributed by atoms with Gasteiger partial charge in [-0.3, -0.25) is 10.0 Å². The van der Waals surface area contributed by atoms with Gasteiger partial charge in [-0.05, 0) is 54.5 Å². The van der Waals surface area contributed by atoms with Gasteiger partial charge in [-0.2, -0.15) is 0 Å². The molecule has 5 heteroatoms. The van der Waals surface area contributed by atoms with Gasteiger partial charge in [0.2, 0.25) is 5.91 Å². The summed E-state index contributed by atoms with van der Waals surface area (Å²) in [5, 5.41) is 17.4. The molecule has 126 valence electrons. The van der Waals surface area contributed by atoms with Gasteiger partial charge in [-0.1, -0.05) is 36.4 Å². The third-order valence-electron chi connectivity index (χ3n) is 3.89. The van der Waals surface area contributed by atoms with Gasteiger partial charge in [0, 0.05) is 0 Å². The minimum absolute atomic E-state index is 0.170. The van der Waals surface area contributed by atoms with E-state index in [1.807, 2.05) is 36.4 Å². The lowest BCUT2D eigenvalue weighted by molar-refractivity contribution is -0.128. The molecule has 1 amide bonds. The lowest BCUT2D eigenvalue weighted by Gasteiger charge is -2.05. The molecule has 2 aromatic rings. The zero-order valence-corrected chi connectivity index (χ0v) is 13.4. The maximum Gasteiger partial charge on any atom is 0.335 e. The van der Waals surface area contributed by atoms with Gasteiger partial charge in [0.1, 0.15) is 0 Å². The molecule has 24 heavy (non-hydrogen) atoms. The third-order valence-corrected chi connectivity index (χ3v) is 3.89. The first-order valence-electron chi connectivity index (χ1n) is 7.91. The second-order valence-electron chi connectivity index (χ2n) is 5.74. The monoisotopic (exact) mass is 327 g/mol. The van der Waals surface area contributed by atoms with E-state index < -0.39 is 11.9 Å². The van der Waals surface area contributed by atoms with Crippen LogP contribution in [0, 0.1) is 0 Å². The molecule has 5 nitrogen and oxygen atoms in total. The Balaban J connectivity index is 1.73. The number of carbonyl (C=O) groups excluding carboxylic acids is 1. The van der Waals surface area contributed by atoms with E-state index in [0.717, 1.165) is 36.8 Å². The second-order valence-corrected chi connectivity index (χ2v) is 5.74. The van der Waals surface area contributed by atoms with Gasteiger partial charge in [-0.15, -0.1) is 0 Å². The van der Waals surface area contributed by atoms with Crippen molar-refractivity contribution < 1.29 is 19.9 Å². The van der Waals surface area contributed by atoms with Crippen LogP contribution in [0.2, 0.25) is 0 Å². The fourth-order valence-electron chi connectivity index (χ4n) is 2.52. The predicted molar refractivity (Wildman–Crippen MR) is 90.1 cm³/mol. The molecule has 0 saturated heterocycles. The molecular weight excluding hydrogens is 306 g/mol. The van der Waals surface area contributed by atoms with Gasteiger partial charge in [0.25, 0.3) is 0 Å². The summed E-state index contributed by atoms with van der Waals surface area (Å²) in [7, 11) is 0. The maximum atomic E-state index is 11.1. The van der Waals surface area contributed by atoms with E-state index in [-0.39, 0.29) is 6.42 Å². The predicted octanol–water partition coefficient (Wildman–Crippen LogP) is 3.00. The van der Waals surface area contributed by atoms with Crippen LogP contribution >= 0.6 is 0 Å². The minimum Gasteiger partial charge on any atom is -0.478 e. The SMILES string of the molecule is O=C(Cc1ccc(CCCCc2ccc(C(=O)O)cc2)cc1)NO. The Hall–Kier alpha value is -2.66. The van der Waals surface area contributed by atoms with E-state index in [2.05, 4.69) is 0 Å². The van der Waals surface area contributed by atoms with Crippen LogP contribution in [0.25, 0.3) is 0 Å². The molecule has 0 atom stereocenters. The Morgan fingerprint density at radius 1 is 0.792 bits per heavy atom. The Morgan fingerprint density at radius 3 is 1.71 bits per heavy atom. The number of rotatable bonds is 8. The lowest BCUT2D eigenvalue weighted by Crippen LogP contribution is -2.20. The topological polar surface area (TPSA) is 86.6 Å². The number of nitrogens with one attached hydrogen (secondary N) is 1. The summed E-state index contributed by atoms with van der Waals surface area (Å²) in [5.41, 5.74) is 5.16. The number of aromatic carboxylic acids is 1. The quantitative estimate of drug-likeness (QED) is 0.395. The number of carboxylic acid groups (broad SMARTS) is 1. The Morgan fingerprint density at radius 2 is 1.25 bits per heavy atom. The smallest absolute Gasteiger partial charge is 0.335 e. The number of benzene rings is 2. The van der Waals surface area contributed by atoms with Gasteiger partial charge < -0.3 is 5.11 Å². The van der Waals surface area contributed by atoms with E-state index in [4.69, 9.17) is 10.3 Å². The summed E-state index contributed by atoms with van der Waals surface area (Å²) in [5.74, 6) is -1.32. The average molecular weight is 327 g/mol. The fourth-order valence-corrected chi connectivity index (χ4v) is 2.52. The van der Waals surface area contributed by atoms with Crippen molar-refractivity contribution in [2.24, 2.45) is 0 Å². The zero-order chi connectivity index (χ0) is 17.4. The first kappa shape index (κ1) is 17.7. The van der Waals surface area contributed by atoms with Crippen molar-refractivity contribution in [1.82, 2.24) is 5.48 Å². The molecule has 0 aliphatic rings. The number of carboxylic acids is 1. The van der Waals surface area contributed by atoms with Gasteiger partial charge in [0.05, 0.1) is 12.0 Å². The molecule has 0 heterocycles. The molecule has 2 rings (SSSR count). The summed E-state index contributed by atoms with van der Waals surface area (Å²) >= 11 is 0. The van der Waals surface area contributed by atoms with Crippen molar-refractivity contribution in [2.75, 3.05) is 0 Å². The summed E-state index contributed by atoms with van der Waals surface area (Å²) in [4.78, 5) is 21.9. The third kappa shape index (κ3) is 5.52. The van der Waals surface area contributed by atoms with Crippen molar-refractivity contribution in [3.05, 3.63) is 70.8 Å². The van der Waals surface area contributed by atoms with E-state index in [1.165, 1.54) is 5.56 Å². The van der Waals surface area contributed by atoms with Crippen LogP contribution < -0.4 is 5.48 Å². The highest BCUT2D eigenvalue weighted by molar-refractivity contribution is 5.87. The maximum absolute atomic E-state index is 11.1. The van der Waals surface area contributed by atoms with E-state index in [9.17, 15) is 9.59 Å². The molecule has 0 radical (unpaired) electrons. The molecular formula is C19H21NO4. The van der Waals surface area contributed by atoms with Crippen LogP contribution in [0.3, 0.4) is 0 Å². The number of unbranched alkanes of at least 4 members (excludes halogenated alkanes) is 1. The van der Waals surface area contributed by atoms with E-state index >= 15 is 0 Å². The standard InChI is InChI=1S/C19H21NO4/c21-18(20-24)13-16-7-5-14(6-8-16)3-1-2-4-15-9-11-17(12-10-15)19(22)23/h5-12,24H,1-4,13H2,(H,20,21)(H,22,23). The summed E-state index contributed by atoms with van der Waals surface area (Å²) in [6.07, 6.45) is 4.12. The van der Waals surface area contributed by atoms with Crippen molar-refractivity contribution in [2.45, 2.75) is 32.1 Å². The molecule has 0 spiro atoms. The molecule has 2 aromatic carbocycles. The summed E-state index contributed by atoms with van der Waals surface area (Å²) in [6, 6.07) is 14.8. The zero-order valence-electron chi connectivity index (χ0n) is 13.4. The number of hydrogen-bond donors (Lipinski definition) is 3. The van der Waals surface area contributed by atoms with Gasteiger partial charge in [-0.25, -0.2) is 10.3 Å². The Bertz CT molecular complexity index is 678. The highest BCUT2D eigenvalue weighted by Gasteiger charge is 2.03. The number of hydrogen-bond acceptors (Lipinski definition) is 3. The van der Waals surface area contributed by atoms with E-state index in [0.29, 0.717) is 5.56 Å². The molecule has 0 aliphatic carbocycles. The lowest BCUT2D eigenvalue weighted by atomic mass is 10.0. The molecule has 0 saturated carbocycles. The summed E-state index contributed by atoms with van der Waals surface area (Å²) < 4.78 is 0. The molecule has 0 fully saturated rings. The molecule has 0 aromatic heterocycles. The highest BCUT2D eigenvalue weighted by atomic mass is 16.5. The first-order chi connectivity index (χ1) is 11.6. The molecule has 0 bridgehead atoms.